The van der Waals surface area contributed by atoms with Gasteiger partial charge in [0.2, 0.25) is 0 Å². The minimum atomic E-state index is -0.677. The smallest absolute Gasteiger partial charge is 0.173 e. The number of hydrogen-bond acceptors (Lipinski definition) is 1. The molecule has 0 fully saturated rings. The predicted molar refractivity (Wildman–Crippen MR) is 78.3 cm³/mol. The third-order valence-electron chi connectivity index (χ3n) is 2.99. The van der Waals surface area contributed by atoms with E-state index in [0.29, 0.717) is 4.47 Å². The summed E-state index contributed by atoms with van der Waals surface area (Å²) in [7, 11) is 0. The van der Waals surface area contributed by atoms with Crippen LogP contribution in [-0.2, 0) is 0 Å². The van der Waals surface area contributed by atoms with Crippen LogP contribution in [0.3, 0.4) is 0 Å². The molecule has 19 heavy (non-hydrogen) atoms. The molecule has 0 aromatic heterocycles. The van der Waals surface area contributed by atoms with E-state index in [4.69, 9.17) is 11.6 Å². The van der Waals surface area contributed by atoms with Crippen molar-refractivity contribution in [2.45, 2.75) is 12.8 Å². The number of benzene rings is 2. The Bertz CT molecular complexity index is 613. The Morgan fingerprint density at radius 3 is 2.47 bits per heavy atom. The Labute approximate surface area is 124 Å². The van der Waals surface area contributed by atoms with Gasteiger partial charge in [0.1, 0.15) is 0 Å². The van der Waals surface area contributed by atoms with Gasteiger partial charge in [0.25, 0.3) is 0 Å². The lowest BCUT2D eigenvalue weighted by Gasteiger charge is -2.12. The van der Waals surface area contributed by atoms with Crippen molar-refractivity contribution in [2.75, 3.05) is 0 Å². The number of ketones is 1. The third kappa shape index (κ3) is 2.88. The van der Waals surface area contributed by atoms with Crippen molar-refractivity contribution in [3.05, 3.63) is 68.9 Å². The van der Waals surface area contributed by atoms with E-state index in [1.54, 1.807) is 13.0 Å². The Hall–Kier alpha value is -1.19. The molecule has 0 heterocycles. The number of carbonyl (C=O) groups is 1. The van der Waals surface area contributed by atoms with Gasteiger partial charge in [-0.25, -0.2) is 4.39 Å². The van der Waals surface area contributed by atoms with Crippen LogP contribution in [0.4, 0.5) is 4.39 Å². The standard InChI is InChI=1S/C15H11BrClFO/c1-9(10-5-3-2-4-6-10)15(19)11-7-8-12(16)13(17)14(11)18/h2-9H,1H3. The molecule has 2 aromatic carbocycles. The highest BCUT2D eigenvalue weighted by Gasteiger charge is 2.22. The van der Waals surface area contributed by atoms with Crippen LogP contribution in [0.15, 0.2) is 46.9 Å². The maximum absolute atomic E-state index is 14.0. The van der Waals surface area contributed by atoms with Gasteiger partial charge in [-0.15, -0.1) is 0 Å². The highest BCUT2D eigenvalue weighted by atomic mass is 79.9. The van der Waals surface area contributed by atoms with Crippen LogP contribution in [0.2, 0.25) is 5.02 Å². The van der Waals surface area contributed by atoms with Crippen LogP contribution < -0.4 is 0 Å². The van der Waals surface area contributed by atoms with E-state index in [9.17, 15) is 9.18 Å². The van der Waals surface area contributed by atoms with E-state index >= 15 is 0 Å². The molecular formula is C15H11BrClFO. The first-order valence-corrected chi connectivity index (χ1v) is 6.92. The summed E-state index contributed by atoms with van der Waals surface area (Å²) in [5, 5.41) is -0.0638. The molecule has 0 bridgehead atoms. The molecule has 0 N–H and O–H groups in total. The SMILES string of the molecule is CC(C(=O)c1ccc(Br)c(Cl)c1F)c1ccccc1. The monoisotopic (exact) mass is 340 g/mol. The van der Waals surface area contributed by atoms with Gasteiger partial charge < -0.3 is 0 Å². The lowest BCUT2D eigenvalue weighted by molar-refractivity contribution is 0.0962. The van der Waals surface area contributed by atoms with Crippen LogP contribution in [0, 0.1) is 5.82 Å². The predicted octanol–water partition coefficient (Wildman–Crippen LogP) is 5.23. The minimum absolute atomic E-state index is 0.0181. The first kappa shape index (κ1) is 14.2. The quantitative estimate of drug-likeness (QED) is 0.552. The van der Waals surface area contributed by atoms with Gasteiger partial charge in [-0.05, 0) is 33.6 Å². The molecule has 0 aliphatic heterocycles. The van der Waals surface area contributed by atoms with Gasteiger partial charge in [0, 0.05) is 10.4 Å². The zero-order chi connectivity index (χ0) is 14.0. The summed E-state index contributed by atoms with van der Waals surface area (Å²) in [6.45, 7) is 1.76. The summed E-state index contributed by atoms with van der Waals surface area (Å²) < 4.78 is 14.4. The molecule has 0 saturated heterocycles. The highest BCUT2D eigenvalue weighted by molar-refractivity contribution is 9.10. The normalized spacial score (nSPS) is 12.2. The fraction of sp³-hybridized carbons (Fsp3) is 0.133. The molecule has 1 nitrogen and oxygen atoms in total. The largest absolute Gasteiger partial charge is 0.293 e. The number of halogens is 3. The zero-order valence-corrected chi connectivity index (χ0v) is 12.5. The van der Waals surface area contributed by atoms with Gasteiger partial charge in [0.05, 0.1) is 10.6 Å². The molecule has 0 spiro atoms. The number of Topliss-reactive ketones (excluding diaryl/α,β-unsaturated/α-hetero) is 1. The zero-order valence-electron chi connectivity index (χ0n) is 10.2. The maximum atomic E-state index is 14.0. The molecular weight excluding hydrogens is 331 g/mol. The van der Waals surface area contributed by atoms with Gasteiger partial charge in [-0.1, -0.05) is 48.9 Å². The Balaban J connectivity index is 2.38. The van der Waals surface area contributed by atoms with Crippen LogP contribution in [-0.4, -0.2) is 5.78 Å². The molecule has 0 aliphatic carbocycles. The third-order valence-corrected chi connectivity index (χ3v) is 4.25. The summed E-state index contributed by atoms with van der Waals surface area (Å²) in [5.74, 6) is -1.37. The van der Waals surface area contributed by atoms with Crippen molar-refractivity contribution in [3.63, 3.8) is 0 Å². The van der Waals surface area contributed by atoms with E-state index in [-0.39, 0.29) is 16.4 Å². The molecule has 0 amide bonds. The van der Waals surface area contributed by atoms with E-state index < -0.39 is 11.7 Å². The average Bonchev–Trinajstić information content (AvgIpc) is 2.44. The van der Waals surface area contributed by atoms with Crippen LogP contribution in [0.25, 0.3) is 0 Å². The van der Waals surface area contributed by atoms with Crippen molar-refractivity contribution in [1.82, 2.24) is 0 Å². The van der Waals surface area contributed by atoms with E-state index in [1.807, 2.05) is 30.3 Å². The van der Waals surface area contributed by atoms with Crippen molar-refractivity contribution < 1.29 is 9.18 Å². The minimum Gasteiger partial charge on any atom is -0.293 e. The Morgan fingerprint density at radius 2 is 1.84 bits per heavy atom. The van der Waals surface area contributed by atoms with Crippen LogP contribution >= 0.6 is 27.5 Å². The summed E-state index contributed by atoms with van der Waals surface area (Å²) in [4.78, 5) is 12.3. The molecule has 2 aromatic rings. The van der Waals surface area contributed by atoms with Gasteiger partial charge in [0.15, 0.2) is 11.6 Å². The Kier molecular flexibility index (Phi) is 4.38. The second-order valence-corrected chi connectivity index (χ2v) is 5.45. The first-order chi connectivity index (χ1) is 9.02. The molecule has 2 rings (SSSR count). The molecule has 4 heteroatoms. The number of hydrogen-bond donors (Lipinski definition) is 0. The summed E-state index contributed by atoms with van der Waals surface area (Å²) >= 11 is 8.93. The summed E-state index contributed by atoms with van der Waals surface area (Å²) in [6, 6.07) is 12.3. The lowest BCUT2D eigenvalue weighted by Crippen LogP contribution is -2.11. The fourth-order valence-electron chi connectivity index (χ4n) is 1.84. The number of carbonyl (C=O) groups excluding carboxylic acids is 1. The van der Waals surface area contributed by atoms with Crippen LogP contribution in [0.5, 0.6) is 0 Å². The second kappa shape index (κ2) is 5.85. The average molecular weight is 342 g/mol. The van der Waals surface area contributed by atoms with Gasteiger partial charge in [-0.3, -0.25) is 4.79 Å². The molecule has 1 unspecified atom stereocenters. The van der Waals surface area contributed by atoms with Crippen molar-refractivity contribution in [1.29, 1.82) is 0 Å². The van der Waals surface area contributed by atoms with Crippen molar-refractivity contribution in [2.24, 2.45) is 0 Å². The van der Waals surface area contributed by atoms with Gasteiger partial charge in [-0.2, -0.15) is 0 Å². The van der Waals surface area contributed by atoms with Gasteiger partial charge >= 0.3 is 0 Å². The summed E-state index contributed by atoms with van der Waals surface area (Å²) in [5.41, 5.74) is 0.871. The highest BCUT2D eigenvalue weighted by Crippen LogP contribution is 2.30. The second-order valence-electron chi connectivity index (χ2n) is 4.22. The molecule has 0 saturated carbocycles. The lowest BCUT2D eigenvalue weighted by atomic mass is 9.92. The fourth-order valence-corrected chi connectivity index (χ4v) is 2.31. The topological polar surface area (TPSA) is 17.1 Å². The van der Waals surface area contributed by atoms with Crippen molar-refractivity contribution >= 4 is 33.3 Å². The molecule has 0 radical (unpaired) electrons. The molecule has 98 valence electrons. The first-order valence-electron chi connectivity index (χ1n) is 5.75. The maximum Gasteiger partial charge on any atom is 0.173 e. The van der Waals surface area contributed by atoms with E-state index in [1.165, 1.54) is 6.07 Å². The molecule has 1 atom stereocenters. The van der Waals surface area contributed by atoms with E-state index in [2.05, 4.69) is 15.9 Å². The molecule has 0 aliphatic rings. The van der Waals surface area contributed by atoms with E-state index in [0.717, 1.165) is 5.56 Å². The summed E-state index contributed by atoms with van der Waals surface area (Å²) in [6.07, 6.45) is 0. The Morgan fingerprint density at radius 1 is 1.21 bits per heavy atom. The number of rotatable bonds is 3. The van der Waals surface area contributed by atoms with Crippen LogP contribution in [0.1, 0.15) is 28.8 Å². The van der Waals surface area contributed by atoms with Crippen molar-refractivity contribution in [3.8, 4) is 0 Å².